The summed E-state index contributed by atoms with van der Waals surface area (Å²) < 4.78 is 5.23. The van der Waals surface area contributed by atoms with Crippen LogP contribution >= 0.6 is 0 Å². The Morgan fingerprint density at radius 1 is 1.52 bits per heavy atom. The van der Waals surface area contributed by atoms with E-state index in [1.807, 2.05) is 0 Å². The average molecular weight is 295 g/mol. The molecule has 3 amide bonds. The van der Waals surface area contributed by atoms with Crippen molar-refractivity contribution < 1.29 is 23.9 Å². The molecule has 2 rings (SSSR count). The fourth-order valence-corrected chi connectivity index (χ4v) is 2.13. The van der Waals surface area contributed by atoms with Gasteiger partial charge in [-0.2, -0.15) is 0 Å². The fourth-order valence-electron chi connectivity index (χ4n) is 2.13. The number of carboxylic acids is 1. The van der Waals surface area contributed by atoms with Gasteiger partial charge in [-0.1, -0.05) is 0 Å². The number of hydrogen-bond donors (Lipinski definition) is 4. The number of urea groups is 1. The SMILES string of the molecule is Cc1oc(CNC(=O)NC2CCCNC2=O)cc1C(=O)O. The quantitative estimate of drug-likeness (QED) is 0.639. The van der Waals surface area contributed by atoms with E-state index >= 15 is 0 Å². The predicted molar refractivity (Wildman–Crippen MR) is 71.8 cm³/mol. The van der Waals surface area contributed by atoms with E-state index in [2.05, 4.69) is 16.0 Å². The van der Waals surface area contributed by atoms with E-state index in [1.54, 1.807) is 6.92 Å². The highest BCUT2D eigenvalue weighted by Gasteiger charge is 2.23. The van der Waals surface area contributed by atoms with E-state index in [1.165, 1.54) is 6.07 Å². The van der Waals surface area contributed by atoms with Gasteiger partial charge in [-0.25, -0.2) is 9.59 Å². The number of furan rings is 1. The zero-order chi connectivity index (χ0) is 15.4. The first kappa shape index (κ1) is 14.9. The molecule has 0 aromatic carbocycles. The third-order valence-electron chi connectivity index (χ3n) is 3.21. The Morgan fingerprint density at radius 3 is 2.90 bits per heavy atom. The van der Waals surface area contributed by atoms with Gasteiger partial charge in [0, 0.05) is 6.54 Å². The molecule has 1 aromatic heterocycles. The van der Waals surface area contributed by atoms with Gasteiger partial charge >= 0.3 is 12.0 Å². The van der Waals surface area contributed by atoms with Crippen LogP contribution in [0.3, 0.4) is 0 Å². The molecular formula is C13H17N3O5. The summed E-state index contributed by atoms with van der Waals surface area (Å²) in [6.07, 6.45) is 1.41. The molecule has 1 saturated heterocycles. The van der Waals surface area contributed by atoms with Gasteiger partial charge in [0.2, 0.25) is 5.91 Å². The average Bonchev–Trinajstić information content (AvgIpc) is 2.80. The number of carboxylic acid groups (broad SMARTS) is 1. The van der Waals surface area contributed by atoms with E-state index in [9.17, 15) is 14.4 Å². The topological polar surface area (TPSA) is 121 Å². The van der Waals surface area contributed by atoms with Crippen molar-refractivity contribution in [1.82, 2.24) is 16.0 Å². The van der Waals surface area contributed by atoms with E-state index in [0.29, 0.717) is 18.7 Å². The van der Waals surface area contributed by atoms with Crippen LogP contribution in [0.1, 0.15) is 34.7 Å². The molecule has 1 aliphatic rings. The third-order valence-corrected chi connectivity index (χ3v) is 3.21. The molecule has 0 spiro atoms. The largest absolute Gasteiger partial charge is 0.478 e. The van der Waals surface area contributed by atoms with Crippen LogP contribution in [0.5, 0.6) is 0 Å². The maximum Gasteiger partial charge on any atom is 0.339 e. The normalized spacial score (nSPS) is 18.0. The summed E-state index contributed by atoms with van der Waals surface area (Å²) in [6.45, 7) is 2.22. The maximum atomic E-state index is 11.7. The van der Waals surface area contributed by atoms with Gasteiger partial charge in [0.1, 0.15) is 23.1 Å². The van der Waals surface area contributed by atoms with Crippen LogP contribution in [0, 0.1) is 6.92 Å². The summed E-state index contributed by atoms with van der Waals surface area (Å²) >= 11 is 0. The summed E-state index contributed by atoms with van der Waals surface area (Å²) in [5, 5.41) is 16.7. The van der Waals surface area contributed by atoms with Crippen molar-refractivity contribution in [2.24, 2.45) is 0 Å². The van der Waals surface area contributed by atoms with Gasteiger partial charge in [0.15, 0.2) is 0 Å². The number of nitrogens with one attached hydrogen (secondary N) is 3. The molecule has 21 heavy (non-hydrogen) atoms. The number of amides is 3. The number of hydrogen-bond acceptors (Lipinski definition) is 4. The summed E-state index contributed by atoms with van der Waals surface area (Å²) in [4.78, 5) is 34.1. The standard InChI is InChI=1S/C13H17N3O5/c1-7-9(12(18)19)5-8(21-7)6-15-13(20)16-10-3-2-4-14-11(10)17/h5,10H,2-4,6H2,1H3,(H,14,17)(H,18,19)(H2,15,16,20). The molecule has 1 aliphatic heterocycles. The lowest BCUT2D eigenvalue weighted by atomic mass is 10.1. The zero-order valence-corrected chi connectivity index (χ0v) is 11.6. The van der Waals surface area contributed by atoms with Crippen molar-refractivity contribution in [1.29, 1.82) is 0 Å². The van der Waals surface area contributed by atoms with E-state index in [4.69, 9.17) is 9.52 Å². The minimum Gasteiger partial charge on any atom is -0.478 e. The molecule has 2 heterocycles. The van der Waals surface area contributed by atoms with Crippen LogP contribution in [-0.4, -0.2) is 35.6 Å². The molecule has 1 unspecified atom stereocenters. The molecule has 1 fully saturated rings. The molecule has 0 aliphatic carbocycles. The Balaban J connectivity index is 1.85. The number of aromatic carboxylic acids is 1. The molecule has 0 radical (unpaired) electrons. The summed E-state index contributed by atoms with van der Waals surface area (Å²) in [5.41, 5.74) is 0.0684. The van der Waals surface area contributed by atoms with Crippen molar-refractivity contribution in [2.75, 3.05) is 6.54 Å². The predicted octanol–water partition coefficient (Wildman–Crippen LogP) is 0.364. The fraction of sp³-hybridized carbons (Fsp3) is 0.462. The number of piperidine rings is 1. The van der Waals surface area contributed by atoms with Crippen LogP contribution in [0.15, 0.2) is 10.5 Å². The summed E-state index contributed by atoms with van der Waals surface area (Å²) in [5.74, 6) is -0.649. The number of carbonyl (C=O) groups excluding carboxylic acids is 2. The van der Waals surface area contributed by atoms with Crippen molar-refractivity contribution in [3.05, 3.63) is 23.2 Å². The molecule has 1 aromatic rings. The maximum absolute atomic E-state index is 11.7. The molecule has 0 saturated carbocycles. The Hall–Kier alpha value is -2.51. The van der Waals surface area contributed by atoms with Crippen LogP contribution in [0.2, 0.25) is 0 Å². The number of aryl methyl sites for hydroxylation is 1. The Kier molecular flexibility index (Phi) is 4.46. The van der Waals surface area contributed by atoms with Gasteiger partial charge in [-0.3, -0.25) is 4.79 Å². The van der Waals surface area contributed by atoms with E-state index in [-0.39, 0.29) is 23.8 Å². The minimum atomic E-state index is -1.08. The highest BCUT2D eigenvalue weighted by Crippen LogP contribution is 2.14. The second-order valence-electron chi connectivity index (χ2n) is 4.80. The van der Waals surface area contributed by atoms with Gasteiger partial charge in [0.25, 0.3) is 0 Å². The monoisotopic (exact) mass is 295 g/mol. The highest BCUT2D eigenvalue weighted by molar-refractivity contribution is 5.89. The second-order valence-corrected chi connectivity index (χ2v) is 4.80. The Morgan fingerprint density at radius 2 is 2.29 bits per heavy atom. The summed E-state index contributed by atoms with van der Waals surface area (Å²) in [6, 6.07) is 0.334. The van der Waals surface area contributed by atoms with Crippen molar-refractivity contribution in [3.63, 3.8) is 0 Å². The van der Waals surface area contributed by atoms with Crippen molar-refractivity contribution in [3.8, 4) is 0 Å². The first-order valence-corrected chi connectivity index (χ1v) is 6.62. The first-order valence-electron chi connectivity index (χ1n) is 6.62. The van der Waals surface area contributed by atoms with Gasteiger partial charge < -0.3 is 25.5 Å². The van der Waals surface area contributed by atoms with Crippen LogP contribution in [0.4, 0.5) is 4.79 Å². The highest BCUT2D eigenvalue weighted by atomic mass is 16.4. The molecule has 114 valence electrons. The molecule has 4 N–H and O–H groups in total. The van der Waals surface area contributed by atoms with Crippen LogP contribution in [0.25, 0.3) is 0 Å². The van der Waals surface area contributed by atoms with Crippen molar-refractivity contribution >= 4 is 17.9 Å². The summed E-state index contributed by atoms with van der Waals surface area (Å²) in [7, 11) is 0. The van der Waals surface area contributed by atoms with E-state index in [0.717, 1.165) is 6.42 Å². The van der Waals surface area contributed by atoms with Crippen LogP contribution < -0.4 is 16.0 Å². The lowest BCUT2D eigenvalue weighted by molar-refractivity contribution is -0.124. The Labute approximate surface area is 120 Å². The van der Waals surface area contributed by atoms with Gasteiger partial charge in [-0.05, 0) is 25.8 Å². The van der Waals surface area contributed by atoms with E-state index < -0.39 is 18.0 Å². The molecule has 1 atom stereocenters. The molecule has 8 heteroatoms. The Bertz CT molecular complexity index is 566. The lowest BCUT2D eigenvalue weighted by Crippen LogP contribution is -2.52. The molecule has 0 bridgehead atoms. The van der Waals surface area contributed by atoms with Gasteiger partial charge in [0.05, 0.1) is 6.54 Å². The van der Waals surface area contributed by atoms with Crippen LogP contribution in [-0.2, 0) is 11.3 Å². The second kappa shape index (κ2) is 6.29. The zero-order valence-electron chi connectivity index (χ0n) is 11.6. The smallest absolute Gasteiger partial charge is 0.339 e. The number of carbonyl (C=O) groups is 3. The molecule has 8 nitrogen and oxygen atoms in total. The minimum absolute atomic E-state index is 0.0499. The van der Waals surface area contributed by atoms with Crippen molar-refractivity contribution in [2.45, 2.75) is 32.4 Å². The first-order chi connectivity index (χ1) is 9.97. The number of rotatable bonds is 4. The third kappa shape index (κ3) is 3.74. The van der Waals surface area contributed by atoms with Gasteiger partial charge in [-0.15, -0.1) is 0 Å². The lowest BCUT2D eigenvalue weighted by Gasteiger charge is -2.22. The molecular weight excluding hydrogens is 278 g/mol.